The zero-order valence-electron chi connectivity index (χ0n) is 4.14. The number of rotatable bonds is 0. The fourth-order valence-electron chi connectivity index (χ4n) is 0. The van der Waals surface area contributed by atoms with Crippen LogP contribution in [0.1, 0.15) is 0 Å². The highest BCUT2D eigenvalue weighted by Gasteiger charge is 1.78. The van der Waals surface area contributed by atoms with Crippen LogP contribution in [0.15, 0.2) is 0 Å². The van der Waals surface area contributed by atoms with E-state index in [1.165, 1.54) is 0 Å². The van der Waals surface area contributed by atoms with Gasteiger partial charge in [-0.3, -0.25) is 0 Å². The molecule has 9 heavy (non-hydrogen) atoms. The van der Waals surface area contributed by atoms with Gasteiger partial charge < -0.3 is 13.9 Å². The summed E-state index contributed by atoms with van der Waals surface area (Å²) in [5, 5.41) is 8.21. The molecule has 0 spiro atoms. The molecule has 0 amide bonds. The summed E-state index contributed by atoms with van der Waals surface area (Å²) in [4.78, 5) is 0. The second kappa shape index (κ2) is 7.78. The summed E-state index contributed by atoms with van der Waals surface area (Å²) in [6.45, 7) is 0. The Kier molecular flexibility index (Phi) is 13.8. The average molecular weight is 179 g/mol. The van der Waals surface area contributed by atoms with Gasteiger partial charge in [0.15, 0.2) is 0 Å². The lowest BCUT2D eigenvalue weighted by molar-refractivity contribution is 0.541. The maximum atomic E-state index is 9.19. The first-order valence-electron chi connectivity index (χ1n) is 1.17. The van der Waals surface area contributed by atoms with Gasteiger partial charge in [0.2, 0.25) is 0 Å². The Morgan fingerprint density at radius 2 is 1.11 bits per heavy atom. The SMILES string of the molecule is NS(N)(=O)=O.O.O=[SH-]=O. The van der Waals surface area contributed by atoms with Crippen molar-refractivity contribution in [3.05, 3.63) is 0 Å². The first-order valence-corrected chi connectivity index (χ1v) is 3.51. The Morgan fingerprint density at radius 3 is 1.11 bits per heavy atom. The highest BCUT2D eigenvalue weighted by molar-refractivity contribution is 7.86. The predicted octanol–water partition coefficient (Wildman–Crippen LogP) is -3.18. The van der Waals surface area contributed by atoms with Gasteiger partial charge >= 0.3 is 0 Å². The first kappa shape index (κ1) is 15.9. The van der Waals surface area contributed by atoms with Gasteiger partial charge in [0.25, 0.3) is 10.2 Å². The molecule has 0 radical (unpaired) electrons. The smallest absolute Gasteiger partial charge is 0.271 e. The second-order valence-electron chi connectivity index (χ2n) is 0.664. The van der Waals surface area contributed by atoms with E-state index in [0.717, 1.165) is 0 Å². The van der Waals surface area contributed by atoms with Gasteiger partial charge in [-0.1, -0.05) is 11.6 Å². The van der Waals surface area contributed by atoms with Crippen LogP contribution in [-0.4, -0.2) is 13.9 Å². The average Bonchev–Trinajstić information content (AvgIpc) is 1.27. The molecule has 0 bridgehead atoms. The molecule has 0 heterocycles. The molecule has 0 aliphatic carbocycles. The molecular formula is H7N2O5S2-. The van der Waals surface area contributed by atoms with E-state index < -0.39 is 21.8 Å². The molecule has 0 saturated heterocycles. The van der Waals surface area contributed by atoms with E-state index in [1.54, 1.807) is 0 Å². The van der Waals surface area contributed by atoms with Crippen molar-refractivity contribution < 1.29 is 22.3 Å². The van der Waals surface area contributed by atoms with Crippen LogP contribution in [0.2, 0.25) is 0 Å². The quantitative estimate of drug-likeness (QED) is 0.297. The van der Waals surface area contributed by atoms with Crippen molar-refractivity contribution in [1.82, 2.24) is 0 Å². The predicted molar refractivity (Wildman–Crippen MR) is 31.0 cm³/mol. The van der Waals surface area contributed by atoms with Gasteiger partial charge in [-0.05, 0) is 0 Å². The summed E-state index contributed by atoms with van der Waals surface area (Å²) in [6.07, 6.45) is 0. The molecule has 0 aromatic heterocycles. The Labute approximate surface area is 55.1 Å². The molecule has 0 unspecified atom stereocenters. The lowest BCUT2D eigenvalue weighted by Gasteiger charge is -1.72. The first-order chi connectivity index (χ1) is 3.41. The van der Waals surface area contributed by atoms with E-state index in [0.29, 0.717) is 0 Å². The number of hydrogen-bond donors (Lipinski definition) is 2. The topological polar surface area (TPSA) is 152 Å². The lowest BCUT2D eigenvalue weighted by Crippen LogP contribution is -2.21. The molecule has 0 fully saturated rings. The normalized spacial score (nSPS) is 8.22. The van der Waals surface area contributed by atoms with E-state index in [9.17, 15) is 8.42 Å². The third kappa shape index (κ3) is 5370. The third-order valence-electron chi connectivity index (χ3n) is 0. The minimum absolute atomic E-state index is 0. The summed E-state index contributed by atoms with van der Waals surface area (Å²) in [6, 6.07) is 0. The van der Waals surface area contributed by atoms with E-state index in [1.807, 2.05) is 0 Å². The van der Waals surface area contributed by atoms with Crippen LogP contribution in [0, 0.1) is 0 Å². The van der Waals surface area contributed by atoms with Crippen molar-refractivity contribution in [1.29, 1.82) is 0 Å². The van der Waals surface area contributed by atoms with Gasteiger partial charge in [-0.15, -0.1) is 0 Å². The van der Waals surface area contributed by atoms with Crippen LogP contribution in [0.3, 0.4) is 0 Å². The molecular weight excluding hydrogens is 172 g/mol. The summed E-state index contributed by atoms with van der Waals surface area (Å²) in [5.41, 5.74) is 0. The molecule has 0 aromatic rings. The van der Waals surface area contributed by atoms with Crippen LogP contribution in [0.4, 0.5) is 0 Å². The minimum atomic E-state index is -3.67. The van der Waals surface area contributed by atoms with Crippen molar-refractivity contribution in [3.8, 4) is 0 Å². The Balaban J connectivity index is -0.0000000800. The van der Waals surface area contributed by atoms with Crippen LogP contribution < -0.4 is 10.3 Å². The van der Waals surface area contributed by atoms with Crippen LogP contribution in [-0.2, 0) is 30.2 Å². The highest BCUT2D eigenvalue weighted by Crippen LogP contribution is 1.40. The van der Waals surface area contributed by atoms with Crippen LogP contribution in [0.5, 0.6) is 0 Å². The van der Waals surface area contributed by atoms with Crippen molar-refractivity contribution >= 4 is 21.8 Å². The van der Waals surface area contributed by atoms with Gasteiger partial charge in [0.1, 0.15) is 0 Å². The summed E-state index contributed by atoms with van der Waals surface area (Å²) in [7, 11) is -3.67. The van der Waals surface area contributed by atoms with Crippen molar-refractivity contribution in [3.63, 3.8) is 0 Å². The molecule has 0 aliphatic rings. The zero-order chi connectivity index (χ0) is 7.21. The van der Waals surface area contributed by atoms with Crippen LogP contribution >= 0.6 is 0 Å². The number of hydrogen-bond acceptors (Lipinski definition) is 5. The highest BCUT2D eigenvalue weighted by atomic mass is 32.2. The molecule has 7 nitrogen and oxygen atoms in total. The third-order valence-corrected chi connectivity index (χ3v) is 0. The van der Waals surface area contributed by atoms with Crippen molar-refractivity contribution in [2.24, 2.45) is 10.3 Å². The van der Waals surface area contributed by atoms with Gasteiger partial charge in [-0.25, -0.2) is 10.3 Å². The fourth-order valence-corrected chi connectivity index (χ4v) is 0. The minimum Gasteiger partial charge on any atom is -0.427 e. The number of thiol groups is 1. The van der Waals surface area contributed by atoms with E-state index in [2.05, 4.69) is 10.3 Å². The molecule has 6 N–H and O–H groups in total. The lowest BCUT2D eigenvalue weighted by atomic mass is 13.9. The molecule has 9 heteroatoms. The van der Waals surface area contributed by atoms with Gasteiger partial charge in [0.05, 0.1) is 0 Å². The molecule has 0 saturated carbocycles. The van der Waals surface area contributed by atoms with Crippen molar-refractivity contribution in [2.75, 3.05) is 0 Å². The maximum Gasteiger partial charge on any atom is 0.271 e. The molecule has 0 aliphatic heterocycles. The van der Waals surface area contributed by atoms with Gasteiger partial charge in [-0.2, -0.15) is 8.42 Å². The molecule has 60 valence electrons. The zero-order valence-corrected chi connectivity index (χ0v) is 5.85. The standard InChI is InChI=1S/H4N2O2S.HO2S.H2O/c1-5(2,3)4;1-3-2;/h(H4,1,2,3,4);3H;1H2/q;-1;. The maximum absolute atomic E-state index is 9.19. The summed E-state index contributed by atoms with van der Waals surface area (Å²) in [5.74, 6) is 0. The van der Waals surface area contributed by atoms with Crippen LogP contribution in [0.25, 0.3) is 0 Å². The Bertz CT molecular complexity index is 153. The van der Waals surface area contributed by atoms with Gasteiger partial charge in [0, 0.05) is 0 Å². The molecule has 0 atom stereocenters. The second-order valence-corrected chi connectivity index (χ2v) is 1.99. The van der Waals surface area contributed by atoms with E-state index in [-0.39, 0.29) is 5.48 Å². The van der Waals surface area contributed by atoms with E-state index >= 15 is 0 Å². The summed E-state index contributed by atoms with van der Waals surface area (Å²) < 4.78 is 35.1. The molecule has 0 rings (SSSR count). The largest absolute Gasteiger partial charge is 0.427 e. The van der Waals surface area contributed by atoms with Crippen molar-refractivity contribution in [2.45, 2.75) is 0 Å². The number of nitrogens with two attached hydrogens (primary N) is 2. The Morgan fingerprint density at radius 1 is 1.11 bits per heavy atom. The fraction of sp³-hybridized carbons (Fsp3) is 0. The monoisotopic (exact) mass is 179 g/mol. The summed E-state index contributed by atoms with van der Waals surface area (Å²) >= 11 is -1.08. The Hall–Kier alpha value is -0.220. The van der Waals surface area contributed by atoms with E-state index in [4.69, 9.17) is 8.42 Å². The molecule has 0 aromatic carbocycles.